The summed E-state index contributed by atoms with van der Waals surface area (Å²) in [6.07, 6.45) is 9.78. The summed E-state index contributed by atoms with van der Waals surface area (Å²) in [6.45, 7) is 4.96. The van der Waals surface area contributed by atoms with Crippen molar-refractivity contribution in [1.29, 1.82) is 0 Å². The lowest BCUT2D eigenvalue weighted by Gasteiger charge is -2.16. The van der Waals surface area contributed by atoms with Crippen LogP contribution in [0.3, 0.4) is 0 Å². The summed E-state index contributed by atoms with van der Waals surface area (Å²) in [5, 5.41) is 0.633. The van der Waals surface area contributed by atoms with Crippen LogP contribution >= 0.6 is 11.6 Å². The van der Waals surface area contributed by atoms with Crippen molar-refractivity contribution < 1.29 is 9.53 Å². The van der Waals surface area contributed by atoms with Crippen LogP contribution in [0, 0.1) is 5.92 Å². The second-order valence-electron chi connectivity index (χ2n) is 5.96. The average Bonchev–Trinajstić information content (AvgIpc) is 2.53. The van der Waals surface area contributed by atoms with Gasteiger partial charge in [0.15, 0.2) is 0 Å². The zero-order valence-corrected chi connectivity index (χ0v) is 14.7. The number of esters is 1. The first-order valence-corrected chi connectivity index (χ1v) is 8.97. The maximum atomic E-state index is 12.0. The smallest absolute Gasteiger partial charge is 0.338 e. The quantitative estimate of drug-likeness (QED) is 0.354. The van der Waals surface area contributed by atoms with Crippen molar-refractivity contribution in [3.8, 4) is 0 Å². The predicted octanol–water partition coefficient (Wildman–Crippen LogP) is 6.27. The van der Waals surface area contributed by atoms with Crippen LogP contribution in [0.1, 0.15) is 75.6 Å². The van der Waals surface area contributed by atoms with Gasteiger partial charge < -0.3 is 4.74 Å². The minimum Gasteiger partial charge on any atom is -0.462 e. The lowest BCUT2D eigenvalue weighted by atomic mass is 9.96. The van der Waals surface area contributed by atoms with Gasteiger partial charge in [0.25, 0.3) is 0 Å². The highest BCUT2D eigenvalue weighted by molar-refractivity contribution is 6.30. The highest BCUT2D eigenvalue weighted by Gasteiger charge is 2.13. The summed E-state index contributed by atoms with van der Waals surface area (Å²) in [6, 6.07) is 6.87. The zero-order chi connectivity index (χ0) is 16.2. The second-order valence-corrected chi connectivity index (χ2v) is 6.40. The van der Waals surface area contributed by atoms with Gasteiger partial charge in [0.05, 0.1) is 12.2 Å². The number of rotatable bonds is 11. The number of hydrogen-bond donors (Lipinski definition) is 0. The van der Waals surface area contributed by atoms with Crippen molar-refractivity contribution in [2.75, 3.05) is 6.61 Å². The Morgan fingerprint density at radius 2 is 1.64 bits per heavy atom. The molecule has 3 heteroatoms. The summed E-state index contributed by atoms with van der Waals surface area (Å²) in [7, 11) is 0. The molecule has 0 amide bonds. The third-order valence-corrected chi connectivity index (χ3v) is 4.21. The van der Waals surface area contributed by atoms with Gasteiger partial charge in [-0.3, -0.25) is 0 Å². The highest BCUT2D eigenvalue weighted by Crippen LogP contribution is 2.19. The predicted molar refractivity (Wildman–Crippen MR) is 93.5 cm³/mol. The molecule has 0 saturated carbocycles. The molecule has 0 aliphatic rings. The molecule has 1 atom stereocenters. The molecule has 0 spiro atoms. The third-order valence-electron chi connectivity index (χ3n) is 3.96. The summed E-state index contributed by atoms with van der Waals surface area (Å²) >= 11 is 5.83. The van der Waals surface area contributed by atoms with Crippen LogP contribution in [0.15, 0.2) is 24.3 Å². The third kappa shape index (κ3) is 7.84. The Balaban J connectivity index is 2.40. The van der Waals surface area contributed by atoms with Gasteiger partial charge in [-0.15, -0.1) is 0 Å². The van der Waals surface area contributed by atoms with Crippen LogP contribution in [-0.2, 0) is 4.74 Å². The monoisotopic (exact) mass is 324 g/mol. The molecular formula is C19H29ClO2. The summed E-state index contributed by atoms with van der Waals surface area (Å²) in [4.78, 5) is 12.0. The fraction of sp³-hybridized carbons (Fsp3) is 0.632. The van der Waals surface area contributed by atoms with Crippen LogP contribution in [-0.4, -0.2) is 12.6 Å². The standard InChI is InChI=1S/C19H29ClO2/c1-3-5-7-8-10-16(9-6-4-2)15-22-19(21)17-11-13-18(20)14-12-17/h11-14,16H,3-10,15H2,1-2H3/t16-/m1/s1. The molecule has 0 saturated heterocycles. The Labute approximate surface area is 140 Å². The van der Waals surface area contributed by atoms with E-state index in [2.05, 4.69) is 13.8 Å². The average molecular weight is 325 g/mol. The molecule has 22 heavy (non-hydrogen) atoms. The lowest BCUT2D eigenvalue weighted by Crippen LogP contribution is -2.14. The Kier molecular flexibility index (Phi) is 9.98. The van der Waals surface area contributed by atoms with Crippen LogP contribution in [0.4, 0.5) is 0 Å². The van der Waals surface area contributed by atoms with Crippen molar-refractivity contribution in [2.45, 2.75) is 65.2 Å². The molecule has 0 radical (unpaired) electrons. The SMILES string of the molecule is CCCCCC[C@@H](CCCC)COC(=O)c1ccc(Cl)cc1. The van der Waals surface area contributed by atoms with Gasteiger partial charge in [0.2, 0.25) is 0 Å². The number of unbranched alkanes of at least 4 members (excludes halogenated alkanes) is 4. The first-order valence-electron chi connectivity index (χ1n) is 8.60. The van der Waals surface area contributed by atoms with Crippen molar-refractivity contribution in [3.05, 3.63) is 34.9 Å². The molecular weight excluding hydrogens is 296 g/mol. The molecule has 0 aromatic heterocycles. The molecule has 0 aliphatic carbocycles. The van der Waals surface area contributed by atoms with Crippen LogP contribution in [0.25, 0.3) is 0 Å². The highest BCUT2D eigenvalue weighted by atomic mass is 35.5. The van der Waals surface area contributed by atoms with Crippen molar-refractivity contribution >= 4 is 17.6 Å². The van der Waals surface area contributed by atoms with Gasteiger partial charge in [-0.25, -0.2) is 4.79 Å². The molecule has 1 aromatic carbocycles. The van der Waals surface area contributed by atoms with Gasteiger partial charge in [-0.2, -0.15) is 0 Å². The van der Waals surface area contributed by atoms with Gasteiger partial charge in [0, 0.05) is 5.02 Å². The summed E-state index contributed by atoms with van der Waals surface area (Å²) in [5.41, 5.74) is 0.574. The van der Waals surface area contributed by atoms with E-state index >= 15 is 0 Å². The normalized spacial score (nSPS) is 12.1. The maximum Gasteiger partial charge on any atom is 0.338 e. The molecule has 0 aliphatic heterocycles. The van der Waals surface area contributed by atoms with E-state index in [1.807, 2.05) is 0 Å². The molecule has 0 unspecified atom stereocenters. The summed E-state index contributed by atoms with van der Waals surface area (Å²) in [5.74, 6) is 0.250. The van der Waals surface area contributed by atoms with E-state index in [-0.39, 0.29) is 5.97 Å². The lowest BCUT2D eigenvalue weighted by molar-refractivity contribution is 0.0422. The molecule has 0 bridgehead atoms. The molecule has 0 N–H and O–H groups in total. The molecule has 0 heterocycles. The van der Waals surface area contributed by atoms with Crippen LogP contribution in [0.2, 0.25) is 5.02 Å². The van der Waals surface area contributed by atoms with Crippen molar-refractivity contribution in [1.82, 2.24) is 0 Å². The fourth-order valence-corrected chi connectivity index (χ4v) is 2.65. The number of benzene rings is 1. The number of carbonyl (C=O) groups excluding carboxylic acids is 1. The minimum absolute atomic E-state index is 0.244. The Hall–Kier alpha value is -1.02. The van der Waals surface area contributed by atoms with E-state index in [0.29, 0.717) is 23.1 Å². The Bertz CT molecular complexity index is 414. The second kappa shape index (κ2) is 11.5. The molecule has 124 valence electrons. The first kappa shape index (κ1) is 19.0. The van der Waals surface area contributed by atoms with E-state index in [1.54, 1.807) is 24.3 Å². The number of hydrogen-bond acceptors (Lipinski definition) is 2. The van der Waals surface area contributed by atoms with E-state index < -0.39 is 0 Å². The number of carbonyl (C=O) groups is 1. The van der Waals surface area contributed by atoms with Crippen molar-refractivity contribution in [3.63, 3.8) is 0 Å². The fourth-order valence-electron chi connectivity index (χ4n) is 2.53. The van der Waals surface area contributed by atoms with E-state index in [4.69, 9.17) is 16.3 Å². The minimum atomic E-state index is -0.244. The Morgan fingerprint density at radius 3 is 2.27 bits per heavy atom. The Morgan fingerprint density at radius 1 is 1.00 bits per heavy atom. The molecule has 2 nitrogen and oxygen atoms in total. The number of ether oxygens (including phenoxy) is 1. The molecule has 1 aromatic rings. The largest absolute Gasteiger partial charge is 0.462 e. The van der Waals surface area contributed by atoms with E-state index in [1.165, 1.54) is 38.5 Å². The maximum absolute atomic E-state index is 12.0. The van der Waals surface area contributed by atoms with Gasteiger partial charge >= 0.3 is 5.97 Å². The molecule has 1 rings (SSSR count). The van der Waals surface area contributed by atoms with Gasteiger partial charge in [-0.05, 0) is 43.0 Å². The number of halogens is 1. The zero-order valence-electron chi connectivity index (χ0n) is 13.9. The molecule has 0 fully saturated rings. The van der Waals surface area contributed by atoms with Gasteiger partial charge in [-0.1, -0.05) is 64.0 Å². The summed E-state index contributed by atoms with van der Waals surface area (Å²) < 4.78 is 5.50. The first-order chi connectivity index (χ1) is 10.7. The van der Waals surface area contributed by atoms with Crippen molar-refractivity contribution in [2.24, 2.45) is 5.92 Å². The van der Waals surface area contributed by atoms with E-state index in [0.717, 1.165) is 12.8 Å². The van der Waals surface area contributed by atoms with Crippen LogP contribution < -0.4 is 0 Å². The van der Waals surface area contributed by atoms with Crippen LogP contribution in [0.5, 0.6) is 0 Å². The van der Waals surface area contributed by atoms with Gasteiger partial charge in [0.1, 0.15) is 0 Å². The topological polar surface area (TPSA) is 26.3 Å². The van der Waals surface area contributed by atoms with E-state index in [9.17, 15) is 4.79 Å².